The first-order valence-corrected chi connectivity index (χ1v) is 8.75. The Morgan fingerprint density at radius 2 is 1.77 bits per heavy atom. The van der Waals surface area contributed by atoms with Crippen LogP contribution in [0.2, 0.25) is 0 Å². The van der Waals surface area contributed by atoms with Gasteiger partial charge in [-0.15, -0.1) is 0 Å². The van der Waals surface area contributed by atoms with Gasteiger partial charge in [0.1, 0.15) is 11.6 Å². The van der Waals surface area contributed by atoms with E-state index in [1.54, 1.807) is 0 Å². The zero-order valence-electron chi connectivity index (χ0n) is 15.5. The highest BCUT2D eigenvalue weighted by molar-refractivity contribution is 5.83. The van der Waals surface area contributed by atoms with Gasteiger partial charge in [-0.25, -0.2) is 4.98 Å². The van der Waals surface area contributed by atoms with Gasteiger partial charge >= 0.3 is 0 Å². The molecule has 0 saturated heterocycles. The van der Waals surface area contributed by atoms with Crippen LogP contribution in [0.1, 0.15) is 28.1 Å². The molecule has 0 radical (unpaired) electrons. The van der Waals surface area contributed by atoms with Crippen LogP contribution in [0.25, 0.3) is 22.4 Å². The molecule has 0 aliphatic heterocycles. The third kappa shape index (κ3) is 2.86. The molecule has 0 atom stereocenters. The molecule has 0 aliphatic rings. The second-order valence-electron chi connectivity index (χ2n) is 6.72. The van der Waals surface area contributed by atoms with Crippen LogP contribution in [-0.2, 0) is 6.54 Å². The number of fused-ring (bicyclic) bond motifs is 1. The van der Waals surface area contributed by atoms with Crippen molar-refractivity contribution in [2.45, 2.75) is 34.2 Å². The van der Waals surface area contributed by atoms with Gasteiger partial charge in [-0.2, -0.15) is 0 Å². The molecule has 0 spiro atoms. The maximum absolute atomic E-state index is 5.21. The average molecular weight is 346 g/mol. The van der Waals surface area contributed by atoms with E-state index in [0.29, 0.717) is 6.54 Å². The van der Waals surface area contributed by atoms with Crippen LogP contribution < -0.4 is 5.32 Å². The second-order valence-corrected chi connectivity index (χ2v) is 6.72. The fourth-order valence-corrected chi connectivity index (χ4v) is 3.15. The number of imidazole rings is 1. The summed E-state index contributed by atoms with van der Waals surface area (Å²) in [5.74, 6) is 1.76. The molecule has 5 nitrogen and oxygen atoms in total. The van der Waals surface area contributed by atoms with E-state index in [9.17, 15) is 0 Å². The monoisotopic (exact) mass is 346 g/mol. The molecule has 2 aromatic heterocycles. The Morgan fingerprint density at radius 3 is 2.46 bits per heavy atom. The number of hydrogen-bond acceptors (Lipinski definition) is 4. The lowest BCUT2D eigenvalue weighted by molar-refractivity contribution is 0.392. The predicted molar refractivity (Wildman–Crippen MR) is 104 cm³/mol. The normalized spacial score (nSPS) is 11.2. The first-order chi connectivity index (χ1) is 12.5. The largest absolute Gasteiger partial charge is 0.381 e. The standard InChI is InChI=1S/C21H22N4O/c1-12-5-10-19-20(13(12)2)24-21(23-19)16-6-8-17(9-7-16)22-11-18-14(3)25-26-15(18)4/h5-10,22H,11H2,1-4H3,(H,23,24). The molecule has 132 valence electrons. The van der Waals surface area contributed by atoms with Gasteiger partial charge in [-0.05, 0) is 69.2 Å². The Morgan fingerprint density at radius 1 is 1.00 bits per heavy atom. The first kappa shape index (κ1) is 16.4. The number of hydrogen-bond donors (Lipinski definition) is 2. The summed E-state index contributed by atoms with van der Waals surface area (Å²) in [7, 11) is 0. The number of benzene rings is 2. The molecule has 2 aromatic carbocycles. The summed E-state index contributed by atoms with van der Waals surface area (Å²) in [6.45, 7) is 8.84. The van der Waals surface area contributed by atoms with E-state index in [2.05, 4.69) is 65.7 Å². The second kappa shape index (κ2) is 6.33. The maximum Gasteiger partial charge on any atom is 0.138 e. The van der Waals surface area contributed by atoms with Crippen LogP contribution in [0.4, 0.5) is 5.69 Å². The molecule has 0 amide bonds. The zero-order valence-corrected chi connectivity index (χ0v) is 15.5. The number of aromatic amines is 1. The van der Waals surface area contributed by atoms with Gasteiger partial charge in [-0.3, -0.25) is 0 Å². The van der Waals surface area contributed by atoms with Gasteiger partial charge in [0.05, 0.1) is 16.7 Å². The Kier molecular flexibility index (Phi) is 3.99. The molecule has 5 heteroatoms. The number of aryl methyl sites for hydroxylation is 4. The minimum atomic E-state index is 0.698. The van der Waals surface area contributed by atoms with Gasteiger partial charge in [0.25, 0.3) is 0 Å². The van der Waals surface area contributed by atoms with E-state index in [4.69, 9.17) is 9.51 Å². The molecule has 0 bridgehead atoms. The Balaban J connectivity index is 1.55. The number of rotatable bonds is 4. The predicted octanol–water partition coefficient (Wildman–Crippen LogP) is 5.06. The summed E-state index contributed by atoms with van der Waals surface area (Å²) in [4.78, 5) is 8.19. The highest BCUT2D eigenvalue weighted by atomic mass is 16.5. The molecule has 2 heterocycles. The highest BCUT2D eigenvalue weighted by Gasteiger charge is 2.10. The Bertz CT molecular complexity index is 1050. The van der Waals surface area contributed by atoms with Crippen molar-refractivity contribution in [2.75, 3.05) is 5.32 Å². The minimum absolute atomic E-state index is 0.698. The fourth-order valence-electron chi connectivity index (χ4n) is 3.15. The van der Waals surface area contributed by atoms with Gasteiger partial charge in [-0.1, -0.05) is 11.2 Å². The van der Waals surface area contributed by atoms with E-state index in [1.165, 1.54) is 11.1 Å². The van der Waals surface area contributed by atoms with Crippen LogP contribution in [0.15, 0.2) is 40.9 Å². The number of H-pyrrole nitrogens is 1. The Hall–Kier alpha value is -3.08. The number of nitrogens with one attached hydrogen (secondary N) is 2. The molecule has 0 unspecified atom stereocenters. The number of aromatic nitrogens is 3. The molecular formula is C21H22N4O. The molecule has 0 saturated carbocycles. The van der Waals surface area contributed by atoms with E-state index in [1.807, 2.05) is 13.8 Å². The third-order valence-electron chi connectivity index (χ3n) is 5.00. The average Bonchev–Trinajstić information content (AvgIpc) is 3.21. The lowest BCUT2D eigenvalue weighted by Gasteiger charge is -2.06. The quantitative estimate of drug-likeness (QED) is 0.542. The fraction of sp³-hybridized carbons (Fsp3) is 0.238. The Labute approximate surface area is 152 Å². The number of nitrogens with zero attached hydrogens (tertiary/aromatic N) is 2. The lowest BCUT2D eigenvalue weighted by Crippen LogP contribution is -2.01. The summed E-state index contributed by atoms with van der Waals surface area (Å²) in [6.07, 6.45) is 0. The first-order valence-electron chi connectivity index (χ1n) is 8.75. The van der Waals surface area contributed by atoms with Crippen molar-refractivity contribution in [3.8, 4) is 11.4 Å². The molecule has 4 rings (SSSR count). The van der Waals surface area contributed by atoms with Crippen molar-refractivity contribution in [3.05, 3.63) is 64.5 Å². The molecule has 0 fully saturated rings. The lowest BCUT2D eigenvalue weighted by atomic mass is 10.1. The van der Waals surface area contributed by atoms with Crippen LogP contribution in [0, 0.1) is 27.7 Å². The van der Waals surface area contributed by atoms with Crippen molar-refractivity contribution < 1.29 is 4.52 Å². The molecule has 2 N–H and O–H groups in total. The summed E-state index contributed by atoms with van der Waals surface area (Å²) in [5.41, 5.74) is 8.80. The maximum atomic E-state index is 5.21. The van der Waals surface area contributed by atoms with E-state index in [-0.39, 0.29) is 0 Å². The van der Waals surface area contributed by atoms with E-state index >= 15 is 0 Å². The summed E-state index contributed by atoms with van der Waals surface area (Å²) >= 11 is 0. The molecule has 26 heavy (non-hydrogen) atoms. The van der Waals surface area contributed by atoms with Gasteiger partial charge < -0.3 is 14.8 Å². The number of anilines is 1. The van der Waals surface area contributed by atoms with Gasteiger partial charge in [0.2, 0.25) is 0 Å². The van der Waals surface area contributed by atoms with Gasteiger partial charge in [0, 0.05) is 23.4 Å². The molecule has 4 aromatic rings. The van der Waals surface area contributed by atoms with E-state index < -0.39 is 0 Å². The molecular weight excluding hydrogens is 324 g/mol. The van der Waals surface area contributed by atoms with Crippen LogP contribution in [0.5, 0.6) is 0 Å². The van der Waals surface area contributed by atoms with Gasteiger partial charge in [0.15, 0.2) is 0 Å². The minimum Gasteiger partial charge on any atom is -0.381 e. The summed E-state index contributed by atoms with van der Waals surface area (Å²) in [5, 5.41) is 7.41. The van der Waals surface area contributed by atoms with Crippen molar-refractivity contribution in [2.24, 2.45) is 0 Å². The van der Waals surface area contributed by atoms with Crippen molar-refractivity contribution in [1.82, 2.24) is 15.1 Å². The SMILES string of the molecule is Cc1ccc2nc(-c3ccc(NCc4c(C)noc4C)cc3)[nH]c2c1C. The van der Waals surface area contributed by atoms with Crippen LogP contribution in [-0.4, -0.2) is 15.1 Å². The van der Waals surface area contributed by atoms with Crippen molar-refractivity contribution in [3.63, 3.8) is 0 Å². The van der Waals surface area contributed by atoms with Crippen LogP contribution >= 0.6 is 0 Å². The van der Waals surface area contributed by atoms with Crippen LogP contribution in [0.3, 0.4) is 0 Å². The summed E-state index contributed by atoms with van der Waals surface area (Å²) < 4.78 is 5.21. The highest BCUT2D eigenvalue weighted by Crippen LogP contribution is 2.25. The van der Waals surface area contributed by atoms with Crippen molar-refractivity contribution >= 4 is 16.7 Å². The van der Waals surface area contributed by atoms with E-state index in [0.717, 1.165) is 45.1 Å². The third-order valence-corrected chi connectivity index (χ3v) is 5.00. The topological polar surface area (TPSA) is 66.7 Å². The molecule has 0 aliphatic carbocycles. The summed E-state index contributed by atoms with van der Waals surface area (Å²) in [6, 6.07) is 12.5. The smallest absolute Gasteiger partial charge is 0.138 e. The zero-order chi connectivity index (χ0) is 18.3. The van der Waals surface area contributed by atoms with Crippen molar-refractivity contribution in [1.29, 1.82) is 0 Å².